The van der Waals surface area contributed by atoms with Crippen molar-refractivity contribution < 1.29 is 14.3 Å². The van der Waals surface area contributed by atoms with Crippen molar-refractivity contribution in [3.05, 3.63) is 35.9 Å². The monoisotopic (exact) mass is 205 g/mol. The number of cyclic esters (lactones) is 2. The molecule has 4 nitrogen and oxygen atoms in total. The van der Waals surface area contributed by atoms with Crippen molar-refractivity contribution in [1.29, 1.82) is 0 Å². The maximum atomic E-state index is 11.3. The predicted molar refractivity (Wildman–Crippen MR) is 53.2 cm³/mol. The molecule has 1 heterocycles. The second kappa shape index (κ2) is 3.73. The van der Waals surface area contributed by atoms with Gasteiger partial charge in [-0.25, -0.2) is 9.59 Å². The van der Waals surface area contributed by atoms with Crippen LogP contribution in [-0.4, -0.2) is 30.1 Å². The number of amides is 1. The van der Waals surface area contributed by atoms with Crippen molar-refractivity contribution in [2.75, 3.05) is 7.05 Å². The molecular formula is C11H11NO3. The van der Waals surface area contributed by atoms with Gasteiger partial charge in [0.1, 0.15) is 6.04 Å². The first-order valence-electron chi connectivity index (χ1n) is 4.71. The van der Waals surface area contributed by atoms with Gasteiger partial charge in [0.25, 0.3) is 0 Å². The highest BCUT2D eigenvalue weighted by Crippen LogP contribution is 2.16. The summed E-state index contributed by atoms with van der Waals surface area (Å²) in [4.78, 5) is 23.7. The molecule has 0 spiro atoms. The molecule has 1 aliphatic heterocycles. The van der Waals surface area contributed by atoms with Crippen LogP contribution in [-0.2, 0) is 16.0 Å². The lowest BCUT2D eigenvalue weighted by Gasteiger charge is -2.13. The number of esters is 1. The minimum absolute atomic E-state index is 0.466. The van der Waals surface area contributed by atoms with Crippen molar-refractivity contribution in [3.63, 3.8) is 0 Å². The molecule has 1 aliphatic rings. The Morgan fingerprint density at radius 3 is 2.47 bits per heavy atom. The highest BCUT2D eigenvalue weighted by atomic mass is 16.6. The van der Waals surface area contributed by atoms with Crippen LogP contribution in [0.3, 0.4) is 0 Å². The molecule has 0 saturated carbocycles. The maximum Gasteiger partial charge on any atom is 0.418 e. The summed E-state index contributed by atoms with van der Waals surface area (Å²) in [6.45, 7) is 0. The fraction of sp³-hybridized carbons (Fsp3) is 0.273. The van der Waals surface area contributed by atoms with Gasteiger partial charge in [-0.1, -0.05) is 30.3 Å². The Balaban J connectivity index is 2.13. The third kappa shape index (κ3) is 1.83. The number of nitrogens with zero attached hydrogens (tertiary/aromatic N) is 1. The Bertz CT molecular complexity index is 388. The summed E-state index contributed by atoms with van der Waals surface area (Å²) in [6, 6.07) is 9.06. The van der Waals surface area contributed by atoms with E-state index in [2.05, 4.69) is 4.74 Å². The summed E-state index contributed by atoms with van der Waals surface area (Å²) in [5, 5.41) is 0. The van der Waals surface area contributed by atoms with Gasteiger partial charge in [0.2, 0.25) is 0 Å². The number of likely N-dealkylation sites (N-methyl/N-ethyl adjacent to an activating group) is 1. The quantitative estimate of drug-likeness (QED) is 0.538. The Kier molecular flexibility index (Phi) is 2.41. The van der Waals surface area contributed by atoms with Crippen molar-refractivity contribution in [2.24, 2.45) is 0 Å². The lowest BCUT2D eigenvalue weighted by atomic mass is 10.1. The Morgan fingerprint density at radius 1 is 1.27 bits per heavy atom. The van der Waals surface area contributed by atoms with Gasteiger partial charge in [0.15, 0.2) is 0 Å². The summed E-state index contributed by atoms with van der Waals surface area (Å²) in [6.07, 6.45) is -0.0667. The van der Waals surface area contributed by atoms with Gasteiger partial charge in [-0.05, 0) is 5.56 Å². The van der Waals surface area contributed by atoms with Gasteiger partial charge in [-0.3, -0.25) is 4.90 Å². The van der Waals surface area contributed by atoms with Gasteiger partial charge >= 0.3 is 12.1 Å². The molecule has 1 fully saturated rings. The summed E-state index contributed by atoms with van der Waals surface area (Å²) in [5.74, 6) is -0.466. The molecule has 1 unspecified atom stereocenters. The first-order valence-corrected chi connectivity index (χ1v) is 4.71. The number of rotatable bonds is 2. The molecule has 15 heavy (non-hydrogen) atoms. The van der Waals surface area contributed by atoms with Crippen LogP contribution in [0, 0.1) is 0 Å². The highest BCUT2D eigenvalue weighted by Gasteiger charge is 2.38. The third-order valence-electron chi connectivity index (χ3n) is 2.49. The van der Waals surface area contributed by atoms with E-state index in [4.69, 9.17) is 0 Å². The molecule has 1 aromatic carbocycles. The molecule has 1 amide bonds. The molecule has 0 radical (unpaired) electrons. The van der Waals surface area contributed by atoms with Crippen LogP contribution in [0.5, 0.6) is 0 Å². The summed E-state index contributed by atoms with van der Waals surface area (Å²) in [5.41, 5.74) is 1.01. The zero-order valence-corrected chi connectivity index (χ0v) is 8.34. The second-order valence-corrected chi connectivity index (χ2v) is 3.50. The smallest absolute Gasteiger partial charge is 0.375 e. The molecule has 1 atom stereocenters. The van der Waals surface area contributed by atoms with E-state index in [1.165, 1.54) is 4.90 Å². The van der Waals surface area contributed by atoms with E-state index in [9.17, 15) is 9.59 Å². The summed E-state index contributed by atoms with van der Waals surface area (Å²) < 4.78 is 4.51. The highest BCUT2D eigenvalue weighted by molar-refractivity contribution is 5.95. The Hall–Kier alpha value is -1.84. The molecule has 78 valence electrons. The average Bonchev–Trinajstić information content (AvgIpc) is 2.47. The topological polar surface area (TPSA) is 46.6 Å². The average molecular weight is 205 g/mol. The fourth-order valence-electron chi connectivity index (χ4n) is 1.57. The third-order valence-corrected chi connectivity index (χ3v) is 2.49. The molecule has 1 saturated heterocycles. The van der Waals surface area contributed by atoms with Gasteiger partial charge < -0.3 is 4.74 Å². The van der Waals surface area contributed by atoms with E-state index in [1.807, 2.05) is 30.3 Å². The van der Waals surface area contributed by atoms with Crippen LogP contribution >= 0.6 is 0 Å². The fourth-order valence-corrected chi connectivity index (χ4v) is 1.57. The predicted octanol–water partition coefficient (Wildman–Crippen LogP) is 1.21. The molecule has 0 aliphatic carbocycles. The maximum absolute atomic E-state index is 11.3. The van der Waals surface area contributed by atoms with Crippen LogP contribution < -0.4 is 0 Å². The molecule has 0 bridgehead atoms. The van der Waals surface area contributed by atoms with Gasteiger partial charge in [0, 0.05) is 13.5 Å². The second-order valence-electron chi connectivity index (χ2n) is 3.50. The van der Waals surface area contributed by atoms with E-state index in [1.54, 1.807) is 7.05 Å². The summed E-state index contributed by atoms with van der Waals surface area (Å²) >= 11 is 0. The first kappa shape index (κ1) is 9.71. The van der Waals surface area contributed by atoms with Crippen LogP contribution in [0.1, 0.15) is 5.56 Å². The number of benzene rings is 1. The summed E-state index contributed by atoms with van der Waals surface area (Å²) in [7, 11) is 1.57. The van der Waals surface area contributed by atoms with Gasteiger partial charge in [0.05, 0.1) is 0 Å². The van der Waals surface area contributed by atoms with Crippen LogP contribution in [0.15, 0.2) is 30.3 Å². The minimum Gasteiger partial charge on any atom is -0.375 e. The van der Waals surface area contributed by atoms with Crippen molar-refractivity contribution in [3.8, 4) is 0 Å². The zero-order chi connectivity index (χ0) is 10.8. The van der Waals surface area contributed by atoms with E-state index >= 15 is 0 Å². The zero-order valence-electron chi connectivity index (χ0n) is 8.34. The number of carbonyl (C=O) groups excluding carboxylic acids is 2. The van der Waals surface area contributed by atoms with Gasteiger partial charge in [-0.15, -0.1) is 0 Å². The first-order chi connectivity index (χ1) is 7.18. The molecule has 2 rings (SSSR count). The molecule has 1 aromatic rings. The van der Waals surface area contributed by atoms with Crippen molar-refractivity contribution >= 4 is 12.1 Å². The SMILES string of the molecule is CN1C(=O)OC(=O)C1Cc1ccccc1. The largest absolute Gasteiger partial charge is 0.418 e. The van der Waals surface area contributed by atoms with Crippen LogP contribution in [0.2, 0.25) is 0 Å². The Labute approximate surface area is 87.4 Å². The van der Waals surface area contributed by atoms with Crippen LogP contribution in [0.4, 0.5) is 4.79 Å². The standard InChI is InChI=1S/C11H11NO3/c1-12-9(10(13)15-11(12)14)7-8-5-3-2-4-6-8/h2-6,9H,7H2,1H3. The van der Waals surface area contributed by atoms with Crippen molar-refractivity contribution in [2.45, 2.75) is 12.5 Å². The van der Waals surface area contributed by atoms with E-state index in [0.29, 0.717) is 6.42 Å². The normalized spacial score (nSPS) is 20.6. The number of ether oxygens (including phenoxy) is 1. The lowest BCUT2D eigenvalue weighted by Crippen LogP contribution is -2.33. The van der Waals surface area contributed by atoms with E-state index in [0.717, 1.165) is 5.56 Å². The van der Waals surface area contributed by atoms with Crippen LogP contribution in [0.25, 0.3) is 0 Å². The Morgan fingerprint density at radius 2 is 1.93 bits per heavy atom. The number of hydrogen-bond acceptors (Lipinski definition) is 3. The lowest BCUT2D eigenvalue weighted by molar-refractivity contribution is -0.135. The molecule has 4 heteroatoms. The van der Waals surface area contributed by atoms with Gasteiger partial charge in [-0.2, -0.15) is 0 Å². The molecule has 0 aromatic heterocycles. The van der Waals surface area contributed by atoms with Crippen molar-refractivity contribution in [1.82, 2.24) is 4.90 Å². The van der Waals surface area contributed by atoms with E-state index in [-0.39, 0.29) is 0 Å². The number of hydrogen-bond donors (Lipinski definition) is 0. The molecular weight excluding hydrogens is 194 g/mol. The molecule has 0 N–H and O–H groups in total. The minimum atomic E-state index is -0.569. The van der Waals surface area contributed by atoms with E-state index < -0.39 is 18.1 Å². The number of carbonyl (C=O) groups is 2.